The second-order valence-corrected chi connectivity index (χ2v) is 7.21. The maximum Gasteiger partial charge on any atom is 0.310 e. The molecule has 0 amide bonds. The van der Waals surface area contributed by atoms with Gasteiger partial charge >= 0.3 is 5.97 Å². The molecule has 1 aliphatic rings. The maximum atomic E-state index is 12.1. The lowest BCUT2D eigenvalue weighted by Gasteiger charge is -2.27. The van der Waals surface area contributed by atoms with Gasteiger partial charge in [0.2, 0.25) is 0 Å². The first-order chi connectivity index (χ1) is 13.9. The van der Waals surface area contributed by atoms with E-state index in [0.29, 0.717) is 11.2 Å². The second kappa shape index (κ2) is 7.43. The van der Waals surface area contributed by atoms with Crippen LogP contribution < -0.4 is 5.73 Å². The number of carbonyl (C=O) groups excluding carboxylic acids is 1. The number of aliphatic hydroxyl groups is 2. The average molecular weight is 398 g/mol. The summed E-state index contributed by atoms with van der Waals surface area (Å²) in [5.41, 5.74) is 6.48. The fourth-order valence-electron chi connectivity index (χ4n) is 3.64. The molecule has 9 nitrogen and oxygen atoms in total. The van der Waals surface area contributed by atoms with E-state index >= 15 is 0 Å². The Morgan fingerprint density at radius 2 is 2.03 bits per heavy atom. The molecule has 9 heteroatoms. The number of ether oxygens (including phenoxy) is 2. The topological polar surface area (TPSA) is 132 Å². The van der Waals surface area contributed by atoms with E-state index < -0.39 is 29.9 Å². The van der Waals surface area contributed by atoms with Crippen LogP contribution >= 0.6 is 0 Å². The number of hydrogen-bond donors (Lipinski definition) is 3. The summed E-state index contributed by atoms with van der Waals surface area (Å²) in [6.07, 6.45) is -1.97. The van der Waals surface area contributed by atoms with E-state index in [1.54, 1.807) is 19.1 Å². The molecule has 0 aliphatic carbocycles. The SMILES string of the molecule is C[C@@]1(c2ccc3c(N)ncnn23)O[C@H](COC(=O)Cc2ccccc2)[C@@H](O)[C@H]1O. The van der Waals surface area contributed by atoms with Crippen LogP contribution in [0.5, 0.6) is 0 Å². The van der Waals surface area contributed by atoms with Crippen LogP contribution in [0.2, 0.25) is 0 Å². The molecule has 4 N–H and O–H groups in total. The zero-order chi connectivity index (χ0) is 20.6. The van der Waals surface area contributed by atoms with Crippen LogP contribution in [0, 0.1) is 0 Å². The van der Waals surface area contributed by atoms with Gasteiger partial charge in [0.25, 0.3) is 0 Å². The molecule has 1 fully saturated rings. The van der Waals surface area contributed by atoms with Crippen LogP contribution in [0.4, 0.5) is 5.82 Å². The molecule has 2 aromatic heterocycles. The fourth-order valence-corrected chi connectivity index (χ4v) is 3.64. The minimum absolute atomic E-state index is 0.114. The highest BCUT2D eigenvalue weighted by Crippen LogP contribution is 2.40. The van der Waals surface area contributed by atoms with Crippen LogP contribution in [-0.4, -0.2) is 55.7 Å². The Labute approximate surface area is 166 Å². The summed E-state index contributed by atoms with van der Waals surface area (Å²) >= 11 is 0. The lowest BCUT2D eigenvalue weighted by atomic mass is 9.93. The van der Waals surface area contributed by atoms with Gasteiger partial charge in [0.15, 0.2) is 5.82 Å². The van der Waals surface area contributed by atoms with Crippen molar-refractivity contribution < 1.29 is 24.5 Å². The molecule has 152 valence electrons. The fraction of sp³-hybridized carbons (Fsp3) is 0.350. The number of nitrogen functional groups attached to an aromatic ring is 1. The van der Waals surface area contributed by atoms with Gasteiger partial charge < -0.3 is 25.4 Å². The lowest BCUT2D eigenvalue weighted by Crippen LogP contribution is -2.39. The van der Waals surface area contributed by atoms with E-state index in [0.717, 1.165) is 5.56 Å². The van der Waals surface area contributed by atoms with Crippen LogP contribution in [0.15, 0.2) is 48.8 Å². The normalized spacial score (nSPS) is 26.7. The Morgan fingerprint density at radius 3 is 2.79 bits per heavy atom. The Bertz CT molecular complexity index is 1020. The number of nitrogens with two attached hydrogens (primary N) is 1. The predicted molar refractivity (Wildman–Crippen MR) is 103 cm³/mol. The smallest absolute Gasteiger partial charge is 0.310 e. The number of rotatable bonds is 5. The zero-order valence-electron chi connectivity index (χ0n) is 15.8. The van der Waals surface area contributed by atoms with Gasteiger partial charge in [0, 0.05) is 0 Å². The third-order valence-electron chi connectivity index (χ3n) is 5.26. The molecule has 1 aliphatic heterocycles. The van der Waals surface area contributed by atoms with E-state index in [2.05, 4.69) is 10.1 Å². The van der Waals surface area contributed by atoms with Crippen LogP contribution in [0.3, 0.4) is 0 Å². The van der Waals surface area contributed by atoms with E-state index in [1.807, 2.05) is 30.3 Å². The molecule has 3 heterocycles. The number of benzene rings is 1. The van der Waals surface area contributed by atoms with Crippen LogP contribution in [0.25, 0.3) is 5.52 Å². The van der Waals surface area contributed by atoms with E-state index in [9.17, 15) is 15.0 Å². The molecule has 0 spiro atoms. The number of nitrogens with zero attached hydrogens (tertiary/aromatic N) is 3. The van der Waals surface area contributed by atoms with E-state index in [1.165, 1.54) is 10.8 Å². The minimum atomic E-state index is -1.27. The molecule has 1 saturated heterocycles. The molecular weight excluding hydrogens is 376 g/mol. The molecule has 1 aromatic carbocycles. The third-order valence-corrected chi connectivity index (χ3v) is 5.26. The third kappa shape index (κ3) is 3.44. The predicted octanol–water partition coefficient (Wildman–Crippen LogP) is 0.433. The first-order valence-corrected chi connectivity index (χ1v) is 9.22. The quantitative estimate of drug-likeness (QED) is 0.527. The number of fused-ring (bicyclic) bond motifs is 1. The Balaban J connectivity index is 1.48. The Hall–Kier alpha value is -3.01. The number of aliphatic hydroxyl groups excluding tert-OH is 2. The largest absolute Gasteiger partial charge is 0.463 e. The van der Waals surface area contributed by atoms with Crippen molar-refractivity contribution in [3.8, 4) is 0 Å². The summed E-state index contributed by atoms with van der Waals surface area (Å²) in [6.45, 7) is 1.46. The van der Waals surface area contributed by atoms with Crippen LogP contribution in [0.1, 0.15) is 18.2 Å². The molecule has 0 saturated carbocycles. The van der Waals surface area contributed by atoms with Crippen molar-refractivity contribution in [1.82, 2.24) is 14.6 Å². The molecule has 4 rings (SSSR count). The Morgan fingerprint density at radius 1 is 1.28 bits per heavy atom. The van der Waals surface area contributed by atoms with Gasteiger partial charge in [0.1, 0.15) is 42.4 Å². The van der Waals surface area contributed by atoms with Gasteiger partial charge in [-0.1, -0.05) is 30.3 Å². The maximum absolute atomic E-state index is 12.1. The van der Waals surface area contributed by atoms with Crippen LogP contribution in [-0.2, 0) is 26.3 Å². The Kier molecular flexibility index (Phi) is 4.95. The highest BCUT2D eigenvalue weighted by atomic mass is 16.6. The second-order valence-electron chi connectivity index (χ2n) is 7.21. The molecule has 0 radical (unpaired) electrons. The van der Waals surface area contributed by atoms with Gasteiger partial charge in [-0.2, -0.15) is 5.10 Å². The lowest BCUT2D eigenvalue weighted by molar-refractivity contribution is -0.151. The summed E-state index contributed by atoms with van der Waals surface area (Å²) in [6, 6.07) is 12.6. The zero-order valence-corrected chi connectivity index (χ0v) is 15.8. The van der Waals surface area contributed by atoms with Gasteiger partial charge in [-0.15, -0.1) is 0 Å². The van der Waals surface area contributed by atoms with E-state index in [4.69, 9.17) is 15.2 Å². The summed E-state index contributed by atoms with van der Waals surface area (Å²) in [7, 11) is 0. The van der Waals surface area contributed by atoms with Crippen molar-refractivity contribution in [3.05, 3.63) is 60.0 Å². The van der Waals surface area contributed by atoms with Crippen molar-refractivity contribution in [2.75, 3.05) is 12.3 Å². The molecular formula is C20H22N4O5. The minimum Gasteiger partial charge on any atom is -0.463 e. The molecule has 0 unspecified atom stereocenters. The molecule has 3 aromatic rings. The van der Waals surface area contributed by atoms with Gasteiger partial charge in [0.05, 0.1) is 12.1 Å². The monoisotopic (exact) mass is 398 g/mol. The highest BCUT2D eigenvalue weighted by Gasteiger charge is 2.53. The number of aromatic nitrogens is 3. The average Bonchev–Trinajstić information content (AvgIpc) is 3.24. The first-order valence-electron chi connectivity index (χ1n) is 9.22. The molecule has 4 atom stereocenters. The van der Waals surface area contributed by atoms with Crippen molar-refractivity contribution >= 4 is 17.3 Å². The number of carbonyl (C=O) groups is 1. The summed E-state index contributed by atoms with van der Waals surface area (Å²) < 4.78 is 12.8. The standard InChI is InChI=1S/C20H22N4O5/c1-20(15-8-7-13-19(21)22-11-23-24(13)15)18(27)17(26)14(29-20)10-28-16(25)9-12-5-3-2-4-6-12/h2-8,11,14,17-18,26-27H,9-10H2,1H3,(H2,21,22,23)/t14-,17-,18-,20+/m1/s1. The van der Waals surface area contributed by atoms with Gasteiger partial charge in [-0.25, -0.2) is 9.50 Å². The summed E-state index contributed by atoms with van der Waals surface area (Å²) in [5, 5.41) is 25.3. The number of anilines is 1. The van der Waals surface area contributed by atoms with Crippen molar-refractivity contribution in [1.29, 1.82) is 0 Å². The first kappa shape index (κ1) is 19.3. The summed E-state index contributed by atoms with van der Waals surface area (Å²) in [4.78, 5) is 16.0. The highest BCUT2D eigenvalue weighted by molar-refractivity contribution is 5.72. The van der Waals surface area contributed by atoms with Crippen molar-refractivity contribution in [3.63, 3.8) is 0 Å². The summed E-state index contributed by atoms with van der Waals surface area (Å²) in [5.74, 6) is -0.155. The van der Waals surface area contributed by atoms with Crippen molar-refractivity contribution in [2.45, 2.75) is 37.3 Å². The number of esters is 1. The van der Waals surface area contributed by atoms with Crippen molar-refractivity contribution in [2.24, 2.45) is 0 Å². The van der Waals surface area contributed by atoms with Gasteiger partial charge in [-0.3, -0.25) is 4.79 Å². The number of hydrogen-bond acceptors (Lipinski definition) is 8. The molecule has 29 heavy (non-hydrogen) atoms. The molecule has 0 bridgehead atoms. The van der Waals surface area contributed by atoms with E-state index in [-0.39, 0.29) is 18.8 Å². The van der Waals surface area contributed by atoms with Gasteiger partial charge in [-0.05, 0) is 24.6 Å².